The molecule has 1 saturated heterocycles. The number of ether oxygens (including phenoxy) is 2. The topological polar surface area (TPSA) is 71.0 Å². The standard InChI is InChI=1S/C45H44N2O4/c1-31(38-25-20-33-10-6-7-13-39(33)26-38)47(2)29-41-27-43(35-18-16-32(30-48)17-19-35)51-45(50-41)37-23-21-34(22-24-37)42-15-9-8-14-40(42)28-46-44(49)36-11-4-3-5-12-36/h3-26,31,41,43,45,48H,27-30H2,1-2H3,(H,46,49)/t31-,41+,43-,45-/m1/s1. The second-order valence-electron chi connectivity index (χ2n) is 13.4. The van der Waals surface area contributed by atoms with Crippen LogP contribution in [0.2, 0.25) is 0 Å². The molecule has 258 valence electrons. The van der Waals surface area contributed by atoms with Gasteiger partial charge in [-0.05, 0) is 76.3 Å². The zero-order valence-corrected chi connectivity index (χ0v) is 29.1. The lowest BCUT2D eigenvalue weighted by Gasteiger charge is -2.39. The number of nitrogens with one attached hydrogen (secondary N) is 1. The largest absolute Gasteiger partial charge is 0.392 e. The lowest BCUT2D eigenvalue weighted by Crippen LogP contribution is -2.38. The van der Waals surface area contributed by atoms with Gasteiger partial charge in [0.2, 0.25) is 0 Å². The molecule has 6 aromatic rings. The van der Waals surface area contributed by atoms with Crippen LogP contribution in [-0.4, -0.2) is 35.6 Å². The molecule has 0 spiro atoms. The Labute approximate surface area is 300 Å². The van der Waals surface area contributed by atoms with Crippen LogP contribution in [0, 0.1) is 0 Å². The summed E-state index contributed by atoms with van der Waals surface area (Å²) >= 11 is 0. The molecule has 0 aromatic heterocycles. The summed E-state index contributed by atoms with van der Waals surface area (Å²) in [5.41, 5.74) is 7.95. The molecule has 6 aromatic carbocycles. The van der Waals surface area contributed by atoms with Crippen molar-refractivity contribution in [1.29, 1.82) is 0 Å². The Bertz CT molecular complexity index is 2060. The summed E-state index contributed by atoms with van der Waals surface area (Å²) in [5.74, 6) is -0.0974. The van der Waals surface area contributed by atoms with E-state index >= 15 is 0 Å². The van der Waals surface area contributed by atoms with Gasteiger partial charge in [-0.25, -0.2) is 0 Å². The van der Waals surface area contributed by atoms with E-state index in [9.17, 15) is 9.90 Å². The van der Waals surface area contributed by atoms with Gasteiger partial charge in [0.15, 0.2) is 6.29 Å². The van der Waals surface area contributed by atoms with Crippen molar-refractivity contribution >= 4 is 16.7 Å². The molecule has 4 atom stereocenters. The molecule has 0 saturated carbocycles. The van der Waals surface area contributed by atoms with Crippen LogP contribution in [0.1, 0.15) is 70.0 Å². The van der Waals surface area contributed by atoms with Crippen molar-refractivity contribution in [3.63, 3.8) is 0 Å². The monoisotopic (exact) mass is 676 g/mol. The molecule has 2 N–H and O–H groups in total. The number of carbonyl (C=O) groups is 1. The van der Waals surface area contributed by atoms with Gasteiger partial charge in [-0.2, -0.15) is 0 Å². The van der Waals surface area contributed by atoms with E-state index in [1.807, 2.05) is 66.7 Å². The number of carbonyl (C=O) groups excluding carboxylic acids is 1. The van der Waals surface area contributed by atoms with Gasteiger partial charge in [0.05, 0.1) is 18.8 Å². The molecule has 0 bridgehead atoms. The summed E-state index contributed by atoms with van der Waals surface area (Å²) in [6.45, 7) is 3.41. The normalized spacial score (nSPS) is 18.1. The van der Waals surface area contributed by atoms with Crippen LogP contribution in [0.5, 0.6) is 0 Å². The summed E-state index contributed by atoms with van der Waals surface area (Å²) in [5, 5.41) is 15.2. The van der Waals surface area contributed by atoms with Gasteiger partial charge in [0.1, 0.15) is 0 Å². The Kier molecular flexibility index (Phi) is 10.7. The first-order valence-corrected chi connectivity index (χ1v) is 17.7. The minimum atomic E-state index is -0.551. The maximum absolute atomic E-state index is 12.7. The highest BCUT2D eigenvalue weighted by Gasteiger charge is 2.33. The third kappa shape index (κ3) is 8.11. The van der Waals surface area contributed by atoms with Crippen molar-refractivity contribution in [1.82, 2.24) is 10.2 Å². The maximum Gasteiger partial charge on any atom is 0.251 e. The highest BCUT2D eigenvalue weighted by molar-refractivity contribution is 5.94. The Hall–Kier alpha value is -5.11. The third-order valence-corrected chi connectivity index (χ3v) is 10.0. The van der Waals surface area contributed by atoms with Crippen LogP contribution < -0.4 is 5.32 Å². The van der Waals surface area contributed by atoms with E-state index in [1.54, 1.807) is 0 Å². The first-order valence-electron chi connectivity index (χ1n) is 17.7. The van der Waals surface area contributed by atoms with Crippen LogP contribution in [0.3, 0.4) is 0 Å². The molecule has 0 radical (unpaired) electrons. The van der Waals surface area contributed by atoms with E-state index in [-0.39, 0.29) is 30.8 Å². The van der Waals surface area contributed by atoms with Gasteiger partial charge in [0.25, 0.3) is 5.91 Å². The average molecular weight is 677 g/mol. The molecule has 7 rings (SSSR count). The Morgan fingerprint density at radius 3 is 2.24 bits per heavy atom. The summed E-state index contributed by atoms with van der Waals surface area (Å²) in [4.78, 5) is 15.1. The van der Waals surface area contributed by atoms with Gasteiger partial charge in [-0.3, -0.25) is 9.69 Å². The molecule has 6 heteroatoms. The molecule has 1 fully saturated rings. The van der Waals surface area contributed by atoms with Crippen molar-refractivity contribution < 1.29 is 19.4 Å². The zero-order chi connectivity index (χ0) is 35.2. The van der Waals surface area contributed by atoms with Crippen LogP contribution in [0.15, 0.2) is 146 Å². The lowest BCUT2D eigenvalue weighted by atomic mass is 9.97. The number of amides is 1. The van der Waals surface area contributed by atoms with E-state index in [0.29, 0.717) is 18.5 Å². The Morgan fingerprint density at radius 2 is 1.47 bits per heavy atom. The number of benzene rings is 6. The number of aliphatic hydroxyl groups excluding tert-OH is 1. The van der Waals surface area contributed by atoms with Gasteiger partial charge < -0.3 is 19.9 Å². The number of likely N-dealkylation sites (N-methyl/N-ethyl adjacent to an activating group) is 1. The molecule has 51 heavy (non-hydrogen) atoms. The predicted octanol–water partition coefficient (Wildman–Crippen LogP) is 9.17. The number of fused-ring (bicyclic) bond motifs is 1. The molecule has 0 aliphatic carbocycles. The van der Waals surface area contributed by atoms with Crippen molar-refractivity contribution in [2.24, 2.45) is 0 Å². The second-order valence-corrected chi connectivity index (χ2v) is 13.4. The van der Waals surface area contributed by atoms with Gasteiger partial charge in [0, 0.05) is 36.7 Å². The summed E-state index contributed by atoms with van der Waals surface area (Å²) < 4.78 is 13.4. The first kappa shape index (κ1) is 34.3. The molecule has 6 nitrogen and oxygen atoms in total. The van der Waals surface area contributed by atoms with Crippen molar-refractivity contribution in [3.8, 4) is 11.1 Å². The van der Waals surface area contributed by atoms with E-state index in [2.05, 4.69) is 103 Å². The SMILES string of the molecule is C[C@H](c1ccc2ccccc2c1)N(C)C[C@@H]1C[C@H](c2ccc(CO)cc2)O[C@H](c2ccc(-c3ccccc3CNC(=O)c3ccccc3)cc2)O1. The number of hydrogen-bond acceptors (Lipinski definition) is 5. The van der Waals surface area contributed by atoms with Crippen LogP contribution >= 0.6 is 0 Å². The van der Waals surface area contributed by atoms with E-state index < -0.39 is 6.29 Å². The Balaban J connectivity index is 1.09. The minimum Gasteiger partial charge on any atom is -0.392 e. The minimum absolute atomic E-state index is 0.00644. The van der Waals surface area contributed by atoms with Crippen LogP contribution in [0.25, 0.3) is 21.9 Å². The lowest BCUT2D eigenvalue weighted by molar-refractivity contribution is -0.253. The molecule has 1 aliphatic heterocycles. The van der Waals surface area contributed by atoms with E-state index in [0.717, 1.165) is 39.9 Å². The second kappa shape index (κ2) is 15.8. The fourth-order valence-electron chi connectivity index (χ4n) is 6.88. The first-order chi connectivity index (χ1) is 24.9. The van der Waals surface area contributed by atoms with Crippen molar-refractivity contribution in [2.75, 3.05) is 13.6 Å². The number of aliphatic hydroxyl groups is 1. The van der Waals surface area contributed by atoms with E-state index in [1.165, 1.54) is 16.3 Å². The summed E-state index contributed by atoms with van der Waals surface area (Å²) in [6.07, 6.45) is -0.0819. The molecule has 0 unspecified atom stereocenters. The smallest absolute Gasteiger partial charge is 0.251 e. The van der Waals surface area contributed by atoms with Crippen LogP contribution in [0.4, 0.5) is 0 Å². The summed E-state index contributed by atoms with van der Waals surface area (Å²) in [7, 11) is 2.16. The highest BCUT2D eigenvalue weighted by Crippen LogP contribution is 2.39. The summed E-state index contributed by atoms with van der Waals surface area (Å²) in [6, 6.07) is 49.2. The molecule has 1 heterocycles. The van der Waals surface area contributed by atoms with Crippen LogP contribution in [-0.2, 0) is 22.6 Å². The number of nitrogens with zero attached hydrogens (tertiary/aromatic N) is 1. The Morgan fingerprint density at radius 1 is 0.784 bits per heavy atom. The predicted molar refractivity (Wildman–Crippen MR) is 203 cm³/mol. The van der Waals surface area contributed by atoms with Gasteiger partial charge in [-0.15, -0.1) is 0 Å². The molecular weight excluding hydrogens is 633 g/mol. The molecular formula is C45H44N2O4. The average Bonchev–Trinajstić information content (AvgIpc) is 3.19. The van der Waals surface area contributed by atoms with Crippen molar-refractivity contribution in [3.05, 3.63) is 179 Å². The van der Waals surface area contributed by atoms with Crippen molar-refractivity contribution in [2.45, 2.75) is 51.0 Å². The quantitative estimate of drug-likeness (QED) is 0.143. The molecule has 1 aliphatic rings. The molecule has 1 amide bonds. The third-order valence-electron chi connectivity index (χ3n) is 10.0. The fraction of sp³-hybridized carbons (Fsp3) is 0.222. The van der Waals surface area contributed by atoms with Gasteiger partial charge >= 0.3 is 0 Å². The number of hydrogen-bond donors (Lipinski definition) is 2. The maximum atomic E-state index is 12.7. The van der Waals surface area contributed by atoms with Gasteiger partial charge in [-0.1, -0.05) is 127 Å². The zero-order valence-electron chi connectivity index (χ0n) is 29.1. The number of rotatable bonds is 11. The van der Waals surface area contributed by atoms with E-state index in [4.69, 9.17) is 9.47 Å². The highest BCUT2D eigenvalue weighted by atomic mass is 16.7. The fourth-order valence-corrected chi connectivity index (χ4v) is 6.88.